The number of nitrogens with two attached hydrogens (primary N) is 1. The van der Waals surface area contributed by atoms with Gasteiger partial charge in [-0.15, -0.1) is 12.4 Å². The van der Waals surface area contributed by atoms with Crippen LogP contribution < -0.4 is 5.73 Å². The van der Waals surface area contributed by atoms with Crippen LogP contribution in [0.2, 0.25) is 0 Å². The van der Waals surface area contributed by atoms with E-state index < -0.39 is 0 Å². The molecule has 1 atom stereocenters. The minimum absolute atomic E-state index is 0. The molecule has 1 spiro atoms. The van der Waals surface area contributed by atoms with Crippen LogP contribution in [0, 0.1) is 5.41 Å². The van der Waals surface area contributed by atoms with Gasteiger partial charge in [0.2, 0.25) is 0 Å². The van der Waals surface area contributed by atoms with Crippen molar-refractivity contribution >= 4 is 12.4 Å². The second kappa shape index (κ2) is 2.11. The molecule has 1 aliphatic carbocycles. The molecule has 2 fully saturated rings. The first-order chi connectivity index (χ1) is 3.83. The smallest absolute Gasteiger partial charge is 0.0624 e. The molecule has 0 radical (unpaired) electrons. The Bertz CT molecular complexity index is 114. The Labute approximate surface area is 61.2 Å². The fourth-order valence-corrected chi connectivity index (χ4v) is 1.35. The summed E-state index contributed by atoms with van der Waals surface area (Å²) in [5.41, 5.74) is 6.21. The van der Waals surface area contributed by atoms with E-state index in [0.29, 0.717) is 11.5 Å². The fourth-order valence-electron chi connectivity index (χ4n) is 1.35. The molecule has 1 aliphatic heterocycles. The van der Waals surface area contributed by atoms with Gasteiger partial charge >= 0.3 is 0 Å². The van der Waals surface area contributed by atoms with E-state index in [1.54, 1.807) is 0 Å². The lowest BCUT2D eigenvalue weighted by Gasteiger charge is -2.07. The largest absolute Gasteiger partial charge is 0.379 e. The summed E-state index contributed by atoms with van der Waals surface area (Å²) in [6, 6.07) is 0.350. The van der Waals surface area contributed by atoms with Gasteiger partial charge in [-0.1, -0.05) is 0 Å². The minimum atomic E-state index is 0. The van der Waals surface area contributed by atoms with Crippen LogP contribution in [0.5, 0.6) is 0 Å². The summed E-state index contributed by atoms with van der Waals surface area (Å²) in [4.78, 5) is 0. The Morgan fingerprint density at radius 2 is 2.11 bits per heavy atom. The minimum Gasteiger partial charge on any atom is -0.379 e. The molecule has 1 unspecified atom stereocenters. The maximum absolute atomic E-state index is 5.75. The number of ether oxygens (including phenoxy) is 1. The zero-order valence-electron chi connectivity index (χ0n) is 5.30. The summed E-state index contributed by atoms with van der Waals surface area (Å²) in [7, 11) is 0. The van der Waals surface area contributed by atoms with Gasteiger partial charge in [-0.25, -0.2) is 0 Å². The Kier molecular flexibility index (Phi) is 1.72. The molecule has 1 saturated carbocycles. The lowest BCUT2D eigenvalue weighted by molar-refractivity contribution is 0.181. The number of rotatable bonds is 0. The van der Waals surface area contributed by atoms with E-state index in [0.717, 1.165) is 13.2 Å². The molecule has 2 N–H and O–H groups in total. The van der Waals surface area contributed by atoms with Gasteiger partial charge in [0, 0.05) is 11.5 Å². The second-order valence-electron chi connectivity index (χ2n) is 2.98. The summed E-state index contributed by atoms with van der Waals surface area (Å²) in [5, 5.41) is 0. The Balaban J connectivity index is 0.000000405. The first-order valence-electron chi connectivity index (χ1n) is 3.17. The summed E-state index contributed by atoms with van der Waals surface area (Å²) in [5.74, 6) is 0. The van der Waals surface area contributed by atoms with Gasteiger partial charge in [-0.2, -0.15) is 0 Å². The van der Waals surface area contributed by atoms with Crippen molar-refractivity contribution in [1.82, 2.24) is 0 Å². The molecule has 0 aromatic carbocycles. The van der Waals surface area contributed by atoms with Gasteiger partial charge in [0.1, 0.15) is 0 Å². The van der Waals surface area contributed by atoms with Gasteiger partial charge in [-0.05, 0) is 12.8 Å². The van der Waals surface area contributed by atoms with Crippen LogP contribution in [-0.2, 0) is 4.74 Å². The average molecular weight is 150 g/mol. The van der Waals surface area contributed by atoms with E-state index in [9.17, 15) is 0 Å². The molecule has 2 nitrogen and oxygen atoms in total. The lowest BCUT2D eigenvalue weighted by atomic mass is 10.0. The molecule has 3 heteroatoms. The molecule has 1 saturated heterocycles. The van der Waals surface area contributed by atoms with Crippen LogP contribution in [0.1, 0.15) is 12.8 Å². The first kappa shape index (κ1) is 7.32. The molecule has 0 amide bonds. The number of hydrogen-bond acceptors (Lipinski definition) is 2. The summed E-state index contributed by atoms with van der Waals surface area (Å²) in [6.07, 6.45) is 2.60. The Morgan fingerprint density at radius 1 is 1.44 bits per heavy atom. The van der Waals surface area contributed by atoms with Crippen molar-refractivity contribution in [2.75, 3.05) is 13.2 Å². The predicted octanol–water partition coefficient (Wildman–Crippen LogP) is 0.546. The molecule has 2 rings (SSSR count). The van der Waals surface area contributed by atoms with E-state index >= 15 is 0 Å². The summed E-state index contributed by atoms with van der Waals surface area (Å²) < 4.78 is 5.21. The van der Waals surface area contributed by atoms with E-state index in [-0.39, 0.29) is 12.4 Å². The molecule has 9 heavy (non-hydrogen) atoms. The number of halogens is 1. The molecular weight excluding hydrogens is 138 g/mol. The van der Waals surface area contributed by atoms with Crippen molar-refractivity contribution in [2.24, 2.45) is 11.1 Å². The van der Waals surface area contributed by atoms with Crippen molar-refractivity contribution in [2.45, 2.75) is 18.9 Å². The van der Waals surface area contributed by atoms with Crippen LogP contribution in [0.4, 0.5) is 0 Å². The Hall–Kier alpha value is 0.210. The van der Waals surface area contributed by atoms with Crippen LogP contribution >= 0.6 is 12.4 Å². The third-order valence-electron chi connectivity index (χ3n) is 2.37. The average Bonchev–Trinajstić information content (AvgIpc) is 2.39. The topological polar surface area (TPSA) is 35.2 Å². The maximum atomic E-state index is 5.75. The van der Waals surface area contributed by atoms with Crippen molar-refractivity contribution in [3.05, 3.63) is 0 Å². The molecule has 0 aromatic rings. The monoisotopic (exact) mass is 149 g/mol. The highest BCUT2D eigenvalue weighted by atomic mass is 35.5. The molecule has 54 valence electrons. The Morgan fingerprint density at radius 3 is 2.33 bits per heavy atom. The van der Waals surface area contributed by atoms with Gasteiger partial charge in [0.05, 0.1) is 13.2 Å². The van der Waals surface area contributed by atoms with E-state index in [1.165, 1.54) is 12.8 Å². The first-order valence-corrected chi connectivity index (χ1v) is 3.17. The van der Waals surface area contributed by atoms with E-state index in [2.05, 4.69) is 0 Å². The van der Waals surface area contributed by atoms with Crippen LogP contribution in [0.3, 0.4) is 0 Å². The van der Waals surface area contributed by atoms with Gasteiger partial charge in [0.15, 0.2) is 0 Å². The molecule has 0 aromatic heterocycles. The highest BCUT2D eigenvalue weighted by Crippen LogP contribution is 2.50. The van der Waals surface area contributed by atoms with E-state index in [4.69, 9.17) is 10.5 Å². The third-order valence-corrected chi connectivity index (χ3v) is 2.37. The molecular formula is C6H12ClNO. The molecule has 1 heterocycles. The van der Waals surface area contributed by atoms with Crippen molar-refractivity contribution < 1.29 is 4.74 Å². The van der Waals surface area contributed by atoms with Crippen molar-refractivity contribution in [1.29, 1.82) is 0 Å². The van der Waals surface area contributed by atoms with Gasteiger partial charge in [-0.3, -0.25) is 0 Å². The fraction of sp³-hybridized carbons (Fsp3) is 1.00. The summed E-state index contributed by atoms with van der Waals surface area (Å²) in [6.45, 7) is 1.72. The standard InChI is InChI=1S/C6H11NO.ClH/c7-5-3-8-4-6(5)1-2-6;/h5H,1-4,7H2;1H. The van der Waals surface area contributed by atoms with Gasteiger partial charge in [0.25, 0.3) is 0 Å². The van der Waals surface area contributed by atoms with Crippen LogP contribution in [-0.4, -0.2) is 19.3 Å². The molecule has 0 bridgehead atoms. The maximum Gasteiger partial charge on any atom is 0.0624 e. The van der Waals surface area contributed by atoms with Gasteiger partial charge < -0.3 is 10.5 Å². The highest BCUT2D eigenvalue weighted by molar-refractivity contribution is 5.85. The predicted molar refractivity (Wildman–Crippen MR) is 37.7 cm³/mol. The second-order valence-corrected chi connectivity index (χ2v) is 2.98. The summed E-state index contributed by atoms with van der Waals surface area (Å²) >= 11 is 0. The lowest BCUT2D eigenvalue weighted by Crippen LogP contribution is -2.29. The number of hydrogen-bond donors (Lipinski definition) is 1. The quantitative estimate of drug-likeness (QED) is 0.546. The van der Waals surface area contributed by atoms with Crippen molar-refractivity contribution in [3.63, 3.8) is 0 Å². The zero-order valence-corrected chi connectivity index (χ0v) is 6.12. The van der Waals surface area contributed by atoms with Crippen LogP contribution in [0.25, 0.3) is 0 Å². The molecule has 2 aliphatic rings. The normalized spacial score (nSPS) is 36.3. The van der Waals surface area contributed by atoms with Crippen LogP contribution in [0.15, 0.2) is 0 Å². The van der Waals surface area contributed by atoms with E-state index in [1.807, 2.05) is 0 Å². The zero-order chi connectivity index (χ0) is 5.61. The van der Waals surface area contributed by atoms with Crippen molar-refractivity contribution in [3.8, 4) is 0 Å². The SMILES string of the molecule is Cl.NC1COCC12CC2. The third kappa shape index (κ3) is 0.955. The highest BCUT2D eigenvalue weighted by Gasteiger charge is 2.51.